The van der Waals surface area contributed by atoms with Crippen LogP contribution in [0.5, 0.6) is 0 Å². The Balaban J connectivity index is 1.24. The molecule has 8 heteroatoms. The molecule has 0 radical (unpaired) electrons. The van der Waals surface area contributed by atoms with Gasteiger partial charge in [-0.1, -0.05) is 0 Å². The molecule has 1 atom stereocenters. The molecule has 4 rings (SSSR count). The van der Waals surface area contributed by atoms with E-state index >= 15 is 0 Å². The SMILES string of the molecule is CCNC(=NCC1CCN(Cc2nc(C)c(C)o2)CC1)N1CCC(Cc2cnn(C)c2)C1. The lowest BCUT2D eigenvalue weighted by Crippen LogP contribution is -2.41. The van der Waals surface area contributed by atoms with Crippen molar-refractivity contribution in [2.24, 2.45) is 23.9 Å². The zero-order valence-electron chi connectivity index (χ0n) is 20.2. The zero-order valence-corrected chi connectivity index (χ0v) is 20.2. The molecule has 0 spiro atoms. The largest absolute Gasteiger partial charge is 0.444 e. The Bertz CT molecular complexity index is 875. The highest BCUT2D eigenvalue weighted by molar-refractivity contribution is 5.80. The third-order valence-corrected chi connectivity index (χ3v) is 6.84. The Morgan fingerprint density at radius 1 is 1.19 bits per heavy atom. The van der Waals surface area contributed by atoms with Crippen LogP contribution < -0.4 is 5.32 Å². The van der Waals surface area contributed by atoms with E-state index in [2.05, 4.69) is 38.3 Å². The molecule has 8 nitrogen and oxygen atoms in total. The van der Waals surface area contributed by atoms with Crippen molar-refractivity contribution < 1.29 is 4.42 Å². The molecule has 32 heavy (non-hydrogen) atoms. The number of likely N-dealkylation sites (tertiary alicyclic amines) is 2. The summed E-state index contributed by atoms with van der Waals surface area (Å²) in [6.07, 6.45) is 8.83. The second-order valence-corrected chi connectivity index (χ2v) is 9.49. The van der Waals surface area contributed by atoms with Crippen molar-refractivity contribution in [2.75, 3.05) is 39.3 Å². The maximum absolute atomic E-state index is 5.76. The molecule has 0 aromatic carbocycles. The first-order valence-electron chi connectivity index (χ1n) is 12.2. The third-order valence-electron chi connectivity index (χ3n) is 6.84. The number of nitrogens with zero attached hydrogens (tertiary/aromatic N) is 6. The number of aromatic nitrogens is 3. The van der Waals surface area contributed by atoms with Gasteiger partial charge in [0.05, 0.1) is 18.4 Å². The zero-order chi connectivity index (χ0) is 22.5. The normalized spacial score (nSPS) is 20.9. The molecular weight excluding hydrogens is 402 g/mol. The summed E-state index contributed by atoms with van der Waals surface area (Å²) in [5, 5.41) is 7.84. The van der Waals surface area contributed by atoms with E-state index in [1.54, 1.807) is 0 Å². The Labute approximate surface area is 192 Å². The molecule has 1 unspecified atom stereocenters. The topological polar surface area (TPSA) is 74.7 Å². The quantitative estimate of drug-likeness (QED) is 0.526. The fourth-order valence-electron chi connectivity index (χ4n) is 4.87. The average Bonchev–Trinajstić information content (AvgIpc) is 3.48. The predicted molar refractivity (Wildman–Crippen MR) is 127 cm³/mol. The van der Waals surface area contributed by atoms with Crippen molar-refractivity contribution >= 4 is 5.96 Å². The van der Waals surface area contributed by atoms with Gasteiger partial charge >= 0.3 is 0 Å². The number of piperidine rings is 1. The summed E-state index contributed by atoms with van der Waals surface area (Å²) < 4.78 is 7.66. The van der Waals surface area contributed by atoms with Gasteiger partial charge in [-0.05, 0) is 76.9 Å². The third kappa shape index (κ3) is 5.91. The lowest BCUT2D eigenvalue weighted by atomic mass is 9.97. The van der Waals surface area contributed by atoms with Crippen LogP contribution in [0.1, 0.15) is 49.1 Å². The van der Waals surface area contributed by atoms with E-state index in [1.165, 1.54) is 24.8 Å². The molecule has 0 amide bonds. The van der Waals surface area contributed by atoms with Crippen LogP contribution in [0.3, 0.4) is 0 Å². The molecule has 0 aliphatic carbocycles. The summed E-state index contributed by atoms with van der Waals surface area (Å²) in [7, 11) is 1.99. The highest BCUT2D eigenvalue weighted by atomic mass is 16.4. The minimum atomic E-state index is 0.654. The van der Waals surface area contributed by atoms with Gasteiger partial charge < -0.3 is 14.6 Å². The van der Waals surface area contributed by atoms with Crippen molar-refractivity contribution in [3.63, 3.8) is 0 Å². The second kappa shape index (κ2) is 10.5. The lowest BCUT2D eigenvalue weighted by Gasteiger charge is -2.30. The second-order valence-electron chi connectivity index (χ2n) is 9.49. The van der Waals surface area contributed by atoms with E-state index in [9.17, 15) is 0 Å². The summed E-state index contributed by atoms with van der Waals surface area (Å²) in [5.74, 6) is 4.20. The van der Waals surface area contributed by atoms with E-state index in [4.69, 9.17) is 9.41 Å². The van der Waals surface area contributed by atoms with E-state index < -0.39 is 0 Å². The highest BCUT2D eigenvalue weighted by Crippen LogP contribution is 2.22. The van der Waals surface area contributed by atoms with Crippen LogP contribution >= 0.6 is 0 Å². The Morgan fingerprint density at radius 2 is 1.97 bits per heavy atom. The summed E-state index contributed by atoms with van der Waals surface area (Å²) in [4.78, 5) is 14.5. The molecule has 2 aromatic heterocycles. The number of hydrogen-bond acceptors (Lipinski definition) is 5. The van der Waals surface area contributed by atoms with Gasteiger partial charge in [0.1, 0.15) is 5.76 Å². The molecule has 2 aromatic rings. The summed E-state index contributed by atoms with van der Waals surface area (Å²) in [6.45, 7) is 13.1. The Hall–Kier alpha value is -2.35. The van der Waals surface area contributed by atoms with Gasteiger partial charge in [0.25, 0.3) is 0 Å². The average molecular weight is 442 g/mol. The van der Waals surface area contributed by atoms with Crippen LogP contribution in [0.25, 0.3) is 0 Å². The maximum atomic E-state index is 5.76. The van der Waals surface area contributed by atoms with Crippen LogP contribution in [-0.4, -0.2) is 69.8 Å². The highest BCUT2D eigenvalue weighted by Gasteiger charge is 2.26. The number of hydrogen-bond donors (Lipinski definition) is 1. The van der Waals surface area contributed by atoms with Crippen LogP contribution in [0.15, 0.2) is 21.8 Å². The minimum absolute atomic E-state index is 0.654. The van der Waals surface area contributed by atoms with E-state index in [0.29, 0.717) is 11.8 Å². The van der Waals surface area contributed by atoms with E-state index in [0.717, 1.165) is 75.5 Å². The molecule has 2 fully saturated rings. The summed E-state index contributed by atoms with van der Waals surface area (Å²) in [6, 6.07) is 0. The Kier molecular flexibility index (Phi) is 7.50. The summed E-state index contributed by atoms with van der Waals surface area (Å²) in [5.41, 5.74) is 2.34. The molecule has 176 valence electrons. The number of oxazole rings is 1. The molecule has 2 aliphatic heterocycles. The number of guanidine groups is 1. The standard InChI is InChI=1S/C24H39N7O/c1-5-25-24(31-11-8-21(16-31)12-22-14-27-29(4)15-22)26-13-20-6-9-30(10-7-20)17-23-28-18(2)19(3)32-23/h14-15,20-21H,5-13,16-17H2,1-4H3,(H,25,26). The first kappa shape index (κ1) is 22.8. The van der Waals surface area contributed by atoms with Crippen molar-refractivity contribution in [3.05, 3.63) is 35.3 Å². The van der Waals surface area contributed by atoms with Crippen LogP contribution in [0.4, 0.5) is 0 Å². The summed E-state index contributed by atoms with van der Waals surface area (Å²) >= 11 is 0. The van der Waals surface area contributed by atoms with Gasteiger partial charge in [0.15, 0.2) is 5.96 Å². The number of rotatable bonds is 7. The van der Waals surface area contributed by atoms with Crippen LogP contribution in [-0.2, 0) is 20.0 Å². The molecule has 0 bridgehead atoms. The molecule has 0 saturated carbocycles. The van der Waals surface area contributed by atoms with Crippen molar-refractivity contribution in [3.8, 4) is 0 Å². The first-order valence-corrected chi connectivity index (χ1v) is 12.2. The monoisotopic (exact) mass is 441 g/mol. The first-order chi connectivity index (χ1) is 15.5. The van der Waals surface area contributed by atoms with Gasteiger partial charge in [0, 0.05) is 39.4 Å². The van der Waals surface area contributed by atoms with Gasteiger partial charge in [-0.3, -0.25) is 14.6 Å². The van der Waals surface area contributed by atoms with Crippen molar-refractivity contribution in [1.29, 1.82) is 0 Å². The van der Waals surface area contributed by atoms with E-state index in [-0.39, 0.29) is 0 Å². The van der Waals surface area contributed by atoms with Gasteiger partial charge in [-0.25, -0.2) is 4.98 Å². The van der Waals surface area contributed by atoms with Gasteiger partial charge in [0.2, 0.25) is 5.89 Å². The molecular formula is C24H39N7O. The lowest BCUT2D eigenvalue weighted by molar-refractivity contribution is 0.166. The predicted octanol–water partition coefficient (Wildman–Crippen LogP) is 2.77. The maximum Gasteiger partial charge on any atom is 0.208 e. The van der Waals surface area contributed by atoms with Crippen molar-refractivity contribution in [2.45, 2.75) is 53.0 Å². The van der Waals surface area contributed by atoms with Crippen molar-refractivity contribution in [1.82, 2.24) is 29.9 Å². The molecule has 2 aliphatic rings. The van der Waals surface area contributed by atoms with Gasteiger partial charge in [-0.15, -0.1) is 0 Å². The number of aryl methyl sites for hydroxylation is 3. The molecule has 1 N–H and O–H groups in total. The molecule has 2 saturated heterocycles. The Morgan fingerprint density at radius 3 is 2.62 bits per heavy atom. The molecule has 4 heterocycles. The van der Waals surface area contributed by atoms with Crippen LogP contribution in [0.2, 0.25) is 0 Å². The number of nitrogens with one attached hydrogen (secondary N) is 1. The fraction of sp³-hybridized carbons (Fsp3) is 0.708. The van der Waals surface area contributed by atoms with Gasteiger partial charge in [-0.2, -0.15) is 5.10 Å². The fourth-order valence-corrected chi connectivity index (χ4v) is 4.87. The van der Waals surface area contributed by atoms with Crippen LogP contribution in [0, 0.1) is 25.7 Å². The number of aliphatic imine (C=N–C) groups is 1. The smallest absolute Gasteiger partial charge is 0.208 e. The minimum Gasteiger partial charge on any atom is -0.444 e. The van der Waals surface area contributed by atoms with E-state index in [1.807, 2.05) is 31.8 Å².